The number of benzene rings is 1. The summed E-state index contributed by atoms with van der Waals surface area (Å²) in [6.45, 7) is 3.42. The van der Waals surface area contributed by atoms with Gasteiger partial charge in [-0.25, -0.2) is 0 Å². The molecule has 1 aliphatic heterocycles. The van der Waals surface area contributed by atoms with E-state index in [1.807, 2.05) is 17.4 Å². The third-order valence-electron chi connectivity index (χ3n) is 5.31. The number of thiophene rings is 1. The lowest BCUT2D eigenvalue weighted by atomic mass is 10.0. The van der Waals surface area contributed by atoms with Crippen LogP contribution in [0.2, 0.25) is 0 Å². The Kier molecular flexibility index (Phi) is 7.87. The summed E-state index contributed by atoms with van der Waals surface area (Å²) < 4.78 is 0. The van der Waals surface area contributed by atoms with Gasteiger partial charge in [0.25, 0.3) is 0 Å². The monoisotopic (exact) mass is 385 g/mol. The molecule has 0 radical (unpaired) electrons. The van der Waals surface area contributed by atoms with Gasteiger partial charge in [-0.05, 0) is 48.4 Å². The maximum absolute atomic E-state index is 12.3. The Hall–Kier alpha value is -1.69. The summed E-state index contributed by atoms with van der Waals surface area (Å²) in [5.74, 6) is 0.164. The van der Waals surface area contributed by atoms with Crippen LogP contribution in [0.3, 0.4) is 0 Å². The Morgan fingerprint density at radius 2 is 1.96 bits per heavy atom. The largest absolute Gasteiger partial charge is 0.354 e. The van der Waals surface area contributed by atoms with Gasteiger partial charge >= 0.3 is 0 Å². The molecule has 5 heteroatoms. The summed E-state index contributed by atoms with van der Waals surface area (Å²) in [6, 6.07) is 13.0. The molecule has 1 aromatic carbocycles. The van der Waals surface area contributed by atoms with Crippen molar-refractivity contribution < 1.29 is 4.79 Å². The molecule has 0 saturated carbocycles. The molecule has 0 aliphatic carbocycles. The molecule has 2 aromatic rings. The number of carbonyl (C=O) groups is 1. The Bertz CT molecular complexity index is 701. The predicted molar refractivity (Wildman–Crippen MR) is 113 cm³/mol. The third kappa shape index (κ3) is 5.89. The van der Waals surface area contributed by atoms with Crippen molar-refractivity contribution in [3.05, 3.63) is 57.8 Å². The van der Waals surface area contributed by atoms with Crippen molar-refractivity contribution in [1.82, 2.24) is 10.2 Å². The number of carbonyl (C=O) groups excluding carboxylic acids is 1. The first-order chi connectivity index (χ1) is 13.3. The highest BCUT2D eigenvalue weighted by Gasteiger charge is 2.25. The zero-order chi connectivity index (χ0) is 18.9. The minimum absolute atomic E-state index is 0.164. The van der Waals surface area contributed by atoms with Crippen LogP contribution < -0.4 is 11.1 Å². The first-order valence-corrected chi connectivity index (χ1v) is 11.0. The number of fused-ring (bicyclic) bond motifs is 1. The quantitative estimate of drug-likeness (QED) is 0.610. The SMILES string of the molecule is NCCCCCCC(=O)NCC(c1ccccc1)N1CCc2sccc2C1. The molecule has 0 fully saturated rings. The molecule has 1 atom stereocenters. The van der Waals surface area contributed by atoms with Gasteiger partial charge in [-0.1, -0.05) is 43.2 Å². The van der Waals surface area contributed by atoms with Gasteiger partial charge < -0.3 is 11.1 Å². The Morgan fingerprint density at radius 3 is 2.78 bits per heavy atom. The lowest BCUT2D eigenvalue weighted by Crippen LogP contribution is -2.40. The van der Waals surface area contributed by atoms with Gasteiger partial charge in [0.2, 0.25) is 5.91 Å². The van der Waals surface area contributed by atoms with Gasteiger partial charge in [0.05, 0.1) is 6.04 Å². The molecule has 1 amide bonds. The van der Waals surface area contributed by atoms with Crippen LogP contribution in [-0.4, -0.2) is 30.4 Å². The highest BCUT2D eigenvalue weighted by atomic mass is 32.1. The molecule has 146 valence electrons. The topological polar surface area (TPSA) is 58.4 Å². The normalized spacial score (nSPS) is 15.3. The van der Waals surface area contributed by atoms with Gasteiger partial charge in [0.1, 0.15) is 0 Å². The molecule has 4 nitrogen and oxygen atoms in total. The molecule has 2 heterocycles. The molecule has 3 N–H and O–H groups in total. The Labute approximate surface area is 166 Å². The van der Waals surface area contributed by atoms with Crippen molar-refractivity contribution in [2.45, 2.75) is 51.1 Å². The maximum atomic E-state index is 12.3. The van der Waals surface area contributed by atoms with Crippen molar-refractivity contribution in [3.8, 4) is 0 Å². The highest BCUT2D eigenvalue weighted by Crippen LogP contribution is 2.30. The van der Waals surface area contributed by atoms with Crippen LogP contribution in [0.25, 0.3) is 0 Å². The van der Waals surface area contributed by atoms with Crippen LogP contribution >= 0.6 is 11.3 Å². The Morgan fingerprint density at radius 1 is 1.15 bits per heavy atom. The van der Waals surface area contributed by atoms with E-state index in [1.54, 1.807) is 0 Å². The van der Waals surface area contributed by atoms with Crippen LogP contribution in [0.5, 0.6) is 0 Å². The average molecular weight is 386 g/mol. The van der Waals surface area contributed by atoms with Crippen molar-refractivity contribution in [2.75, 3.05) is 19.6 Å². The Balaban J connectivity index is 1.56. The van der Waals surface area contributed by atoms with Crippen molar-refractivity contribution in [3.63, 3.8) is 0 Å². The van der Waals surface area contributed by atoms with E-state index in [4.69, 9.17) is 5.73 Å². The van der Waals surface area contributed by atoms with Crippen molar-refractivity contribution >= 4 is 17.2 Å². The summed E-state index contributed by atoms with van der Waals surface area (Å²) in [4.78, 5) is 16.3. The minimum Gasteiger partial charge on any atom is -0.354 e. The van der Waals surface area contributed by atoms with E-state index < -0.39 is 0 Å². The first kappa shape index (κ1) is 20.1. The number of hydrogen-bond donors (Lipinski definition) is 2. The maximum Gasteiger partial charge on any atom is 0.220 e. The number of unbranched alkanes of at least 4 members (excludes halogenated alkanes) is 3. The van der Waals surface area contributed by atoms with E-state index in [0.717, 1.165) is 51.7 Å². The molecular weight excluding hydrogens is 354 g/mol. The van der Waals surface area contributed by atoms with E-state index in [-0.39, 0.29) is 11.9 Å². The molecule has 0 bridgehead atoms. The fraction of sp³-hybridized carbons (Fsp3) is 0.500. The van der Waals surface area contributed by atoms with Crippen LogP contribution in [0.1, 0.15) is 54.1 Å². The minimum atomic E-state index is 0.164. The molecule has 0 saturated heterocycles. The third-order valence-corrected chi connectivity index (χ3v) is 6.34. The molecule has 1 aliphatic rings. The van der Waals surface area contributed by atoms with Crippen LogP contribution in [0.4, 0.5) is 0 Å². The predicted octanol–water partition coefficient (Wildman–Crippen LogP) is 3.87. The molecule has 1 aromatic heterocycles. The lowest BCUT2D eigenvalue weighted by Gasteiger charge is -2.35. The fourth-order valence-corrected chi connectivity index (χ4v) is 4.64. The summed E-state index contributed by atoms with van der Waals surface area (Å²) >= 11 is 1.86. The lowest BCUT2D eigenvalue weighted by molar-refractivity contribution is -0.121. The zero-order valence-electron chi connectivity index (χ0n) is 16.0. The van der Waals surface area contributed by atoms with E-state index in [1.165, 1.54) is 16.0 Å². The summed E-state index contributed by atoms with van der Waals surface area (Å²) in [5.41, 5.74) is 8.24. The molecule has 0 spiro atoms. The second-order valence-electron chi connectivity index (χ2n) is 7.27. The fourth-order valence-electron chi connectivity index (χ4n) is 3.75. The zero-order valence-corrected chi connectivity index (χ0v) is 16.8. The molecular formula is C22H31N3OS. The van der Waals surface area contributed by atoms with Gasteiger partial charge in [-0.3, -0.25) is 9.69 Å². The summed E-state index contributed by atoms with van der Waals surface area (Å²) in [7, 11) is 0. The summed E-state index contributed by atoms with van der Waals surface area (Å²) in [6.07, 6.45) is 5.92. The van der Waals surface area contributed by atoms with E-state index in [2.05, 4.69) is 45.9 Å². The van der Waals surface area contributed by atoms with Gasteiger partial charge in [0, 0.05) is 30.9 Å². The standard InChI is InChI=1S/C22H31N3OS/c23-13-7-2-1-6-10-22(26)24-16-20(18-8-4-3-5-9-18)25-14-11-21-19(17-25)12-15-27-21/h3-5,8-9,12,15,20H,1-2,6-7,10-11,13-14,16-17,23H2,(H,24,26). The summed E-state index contributed by atoms with van der Waals surface area (Å²) in [5, 5.41) is 5.38. The average Bonchev–Trinajstić information content (AvgIpc) is 3.17. The van der Waals surface area contributed by atoms with E-state index in [9.17, 15) is 4.79 Å². The van der Waals surface area contributed by atoms with Crippen molar-refractivity contribution in [1.29, 1.82) is 0 Å². The van der Waals surface area contributed by atoms with Crippen LogP contribution in [0.15, 0.2) is 41.8 Å². The van der Waals surface area contributed by atoms with Crippen molar-refractivity contribution in [2.24, 2.45) is 5.73 Å². The van der Waals surface area contributed by atoms with Gasteiger partial charge in [0.15, 0.2) is 0 Å². The highest BCUT2D eigenvalue weighted by molar-refractivity contribution is 7.10. The first-order valence-electron chi connectivity index (χ1n) is 10.1. The molecule has 27 heavy (non-hydrogen) atoms. The number of rotatable bonds is 10. The smallest absolute Gasteiger partial charge is 0.220 e. The van der Waals surface area contributed by atoms with Gasteiger partial charge in [-0.2, -0.15) is 0 Å². The number of nitrogens with two attached hydrogens (primary N) is 1. The second kappa shape index (κ2) is 10.6. The molecule has 1 unspecified atom stereocenters. The van der Waals surface area contributed by atoms with Gasteiger partial charge in [-0.15, -0.1) is 11.3 Å². The molecule has 3 rings (SSSR count). The van der Waals surface area contributed by atoms with Crippen LogP contribution in [0, 0.1) is 0 Å². The number of nitrogens with one attached hydrogen (secondary N) is 1. The second-order valence-corrected chi connectivity index (χ2v) is 8.27. The van der Waals surface area contributed by atoms with Crippen LogP contribution in [-0.2, 0) is 17.8 Å². The number of nitrogens with zero attached hydrogens (tertiary/aromatic N) is 1. The van der Waals surface area contributed by atoms with E-state index in [0.29, 0.717) is 13.0 Å². The number of hydrogen-bond acceptors (Lipinski definition) is 4. The van der Waals surface area contributed by atoms with E-state index >= 15 is 0 Å². The number of amides is 1.